The van der Waals surface area contributed by atoms with Crippen molar-refractivity contribution in [3.05, 3.63) is 84.1 Å². The molecule has 0 unspecified atom stereocenters. The number of hydrogen-bond donors (Lipinski definition) is 1. The van der Waals surface area contributed by atoms with E-state index in [1.807, 2.05) is 37.3 Å². The van der Waals surface area contributed by atoms with Gasteiger partial charge in [-0.25, -0.2) is 4.39 Å². The Morgan fingerprint density at radius 2 is 1.67 bits per heavy atom. The molecular formula is C22H19FN4. The fraction of sp³-hybridized carbons (Fsp3) is 0.136. The van der Waals surface area contributed by atoms with Gasteiger partial charge in [0.15, 0.2) is 0 Å². The first kappa shape index (κ1) is 17.1. The largest absolute Gasteiger partial charge is 0.376 e. The zero-order chi connectivity index (χ0) is 18.8. The van der Waals surface area contributed by atoms with Crippen LogP contribution < -0.4 is 5.32 Å². The summed E-state index contributed by atoms with van der Waals surface area (Å²) in [4.78, 5) is 4.45. The van der Waals surface area contributed by atoms with Gasteiger partial charge in [-0.15, -0.1) is 0 Å². The van der Waals surface area contributed by atoms with Crippen LogP contribution in [0, 0.1) is 12.7 Å². The van der Waals surface area contributed by atoms with Crippen molar-refractivity contribution >= 4 is 16.6 Å². The second kappa shape index (κ2) is 7.11. The number of nitrogens with one attached hydrogen (secondary N) is 1. The first-order chi connectivity index (χ1) is 13.1. The maximum atomic E-state index is 13.2. The van der Waals surface area contributed by atoms with E-state index in [1.165, 1.54) is 12.1 Å². The van der Waals surface area contributed by atoms with Gasteiger partial charge in [0, 0.05) is 17.3 Å². The van der Waals surface area contributed by atoms with Gasteiger partial charge in [-0.05, 0) is 67.4 Å². The molecule has 4 nitrogen and oxygen atoms in total. The summed E-state index contributed by atoms with van der Waals surface area (Å²) in [6, 6.07) is 18.5. The number of hydrogen-bond acceptors (Lipinski definition) is 4. The lowest BCUT2D eigenvalue weighted by atomic mass is 10.0. The Bertz CT molecular complexity index is 1080. The lowest BCUT2D eigenvalue weighted by molar-refractivity contribution is 0.628. The van der Waals surface area contributed by atoms with Crippen LogP contribution in [0.25, 0.3) is 22.0 Å². The number of rotatable bonds is 4. The molecule has 5 heteroatoms. The van der Waals surface area contributed by atoms with Crippen LogP contribution in [0.3, 0.4) is 0 Å². The number of fused-ring (bicyclic) bond motifs is 1. The number of aryl methyl sites for hydroxylation is 1. The third-order valence-corrected chi connectivity index (χ3v) is 4.55. The minimum absolute atomic E-state index is 0.00169. The highest BCUT2D eigenvalue weighted by molar-refractivity contribution is 5.94. The van der Waals surface area contributed by atoms with Crippen LogP contribution >= 0.6 is 0 Å². The fourth-order valence-corrected chi connectivity index (χ4v) is 3.04. The Hall–Kier alpha value is -3.34. The summed E-state index contributed by atoms with van der Waals surface area (Å²) >= 11 is 0. The van der Waals surface area contributed by atoms with Crippen molar-refractivity contribution in [3.8, 4) is 11.1 Å². The molecule has 0 aliphatic carbocycles. The van der Waals surface area contributed by atoms with Gasteiger partial charge in [0.25, 0.3) is 0 Å². The Morgan fingerprint density at radius 3 is 2.41 bits per heavy atom. The fourth-order valence-electron chi connectivity index (χ4n) is 3.04. The second-order valence-corrected chi connectivity index (χ2v) is 6.56. The summed E-state index contributed by atoms with van der Waals surface area (Å²) in [7, 11) is 0. The molecule has 2 aromatic carbocycles. The number of halogens is 1. The van der Waals surface area contributed by atoms with Crippen molar-refractivity contribution in [1.29, 1.82) is 0 Å². The molecule has 2 heterocycles. The standard InChI is InChI=1S/C22H19FN4/c1-14-3-9-20(27-26-14)15(2)25-22-11-12-24-21-10-6-17(13-19(21)22)16-4-7-18(23)8-5-16/h3-13,15H,1-2H3,(H,24,25)/t15-/m1/s1. The number of nitrogens with zero attached hydrogens (tertiary/aromatic N) is 3. The van der Waals surface area contributed by atoms with Crippen LogP contribution in [-0.4, -0.2) is 15.2 Å². The van der Waals surface area contributed by atoms with E-state index in [4.69, 9.17) is 0 Å². The molecular weight excluding hydrogens is 339 g/mol. The first-order valence-corrected chi connectivity index (χ1v) is 8.81. The molecule has 0 aliphatic rings. The SMILES string of the molecule is Cc1ccc([C@@H](C)Nc2ccnc3ccc(-c4ccc(F)cc4)cc23)nn1. The normalized spacial score (nSPS) is 12.1. The maximum Gasteiger partial charge on any atom is 0.123 e. The average molecular weight is 358 g/mol. The van der Waals surface area contributed by atoms with Crippen LogP contribution in [0.15, 0.2) is 66.9 Å². The molecule has 27 heavy (non-hydrogen) atoms. The number of anilines is 1. The third kappa shape index (κ3) is 3.62. The van der Waals surface area contributed by atoms with Crippen molar-refractivity contribution in [2.45, 2.75) is 19.9 Å². The quantitative estimate of drug-likeness (QED) is 0.537. The molecule has 0 saturated carbocycles. The van der Waals surface area contributed by atoms with Crippen LogP contribution in [0.5, 0.6) is 0 Å². The van der Waals surface area contributed by atoms with Gasteiger partial charge in [0.1, 0.15) is 5.82 Å². The average Bonchev–Trinajstić information content (AvgIpc) is 2.69. The third-order valence-electron chi connectivity index (χ3n) is 4.55. The molecule has 1 atom stereocenters. The first-order valence-electron chi connectivity index (χ1n) is 8.81. The molecule has 0 radical (unpaired) electrons. The summed E-state index contributed by atoms with van der Waals surface area (Å²) in [5, 5.41) is 12.9. The minimum Gasteiger partial charge on any atom is -0.376 e. The van der Waals surface area contributed by atoms with Gasteiger partial charge >= 0.3 is 0 Å². The van der Waals surface area contributed by atoms with E-state index in [2.05, 4.69) is 33.5 Å². The number of pyridine rings is 1. The summed E-state index contributed by atoms with van der Waals surface area (Å²) in [5.41, 5.74) is 5.61. The molecule has 0 saturated heterocycles. The van der Waals surface area contributed by atoms with Crippen molar-refractivity contribution < 1.29 is 4.39 Å². The predicted octanol–water partition coefficient (Wildman–Crippen LogP) is 5.31. The van der Waals surface area contributed by atoms with E-state index in [-0.39, 0.29) is 11.9 Å². The van der Waals surface area contributed by atoms with Gasteiger partial charge in [0.05, 0.1) is 22.9 Å². The minimum atomic E-state index is -0.239. The molecule has 0 aliphatic heterocycles. The molecule has 4 rings (SSSR count). The number of benzene rings is 2. The van der Waals surface area contributed by atoms with E-state index >= 15 is 0 Å². The molecule has 1 N–H and O–H groups in total. The molecule has 0 spiro atoms. The van der Waals surface area contributed by atoms with Gasteiger partial charge in [-0.2, -0.15) is 10.2 Å². The molecule has 0 fully saturated rings. The van der Waals surface area contributed by atoms with Crippen molar-refractivity contribution in [3.63, 3.8) is 0 Å². The van der Waals surface area contributed by atoms with Crippen LogP contribution in [-0.2, 0) is 0 Å². The van der Waals surface area contributed by atoms with Crippen molar-refractivity contribution in [1.82, 2.24) is 15.2 Å². The van der Waals surface area contributed by atoms with E-state index in [0.29, 0.717) is 0 Å². The zero-order valence-electron chi connectivity index (χ0n) is 15.1. The van der Waals surface area contributed by atoms with Crippen molar-refractivity contribution in [2.24, 2.45) is 0 Å². The van der Waals surface area contributed by atoms with E-state index in [1.54, 1.807) is 18.3 Å². The highest BCUT2D eigenvalue weighted by atomic mass is 19.1. The molecule has 2 aromatic heterocycles. The van der Waals surface area contributed by atoms with E-state index < -0.39 is 0 Å². The summed E-state index contributed by atoms with van der Waals surface area (Å²) in [5.74, 6) is -0.239. The van der Waals surface area contributed by atoms with Crippen LogP contribution in [0.2, 0.25) is 0 Å². The monoisotopic (exact) mass is 358 g/mol. The van der Waals surface area contributed by atoms with E-state index in [0.717, 1.165) is 39.1 Å². The van der Waals surface area contributed by atoms with E-state index in [9.17, 15) is 4.39 Å². The smallest absolute Gasteiger partial charge is 0.123 e. The lowest BCUT2D eigenvalue weighted by Gasteiger charge is -2.16. The predicted molar refractivity (Wildman–Crippen MR) is 106 cm³/mol. The zero-order valence-corrected chi connectivity index (χ0v) is 15.1. The summed E-state index contributed by atoms with van der Waals surface area (Å²) < 4.78 is 13.2. The van der Waals surface area contributed by atoms with Crippen molar-refractivity contribution in [2.75, 3.05) is 5.32 Å². The highest BCUT2D eigenvalue weighted by Crippen LogP contribution is 2.30. The maximum absolute atomic E-state index is 13.2. The van der Waals surface area contributed by atoms with Crippen LogP contribution in [0.1, 0.15) is 24.4 Å². The highest BCUT2D eigenvalue weighted by Gasteiger charge is 2.11. The van der Waals surface area contributed by atoms with Gasteiger partial charge in [-0.1, -0.05) is 18.2 Å². The van der Waals surface area contributed by atoms with Crippen LogP contribution in [0.4, 0.5) is 10.1 Å². The summed E-state index contributed by atoms with van der Waals surface area (Å²) in [6.45, 7) is 3.97. The summed E-state index contributed by atoms with van der Waals surface area (Å²) in [6.07, 6.45) is 1.79. The number of aromatic nitrogens is 3. The Balaban J connectivity index is 1.70. The Labute approximate surface area is 157 Å². The molecule has 4 aromatic rings. The molecule has 0 amide bonds. The molecule has 0 bridgehead atoms. The Kier molecular flexibility index (Phi) is 4.50. The molecule has 134 valence electrons. The van der Waals surface area contributed by atoms with Gasteiger partial charge < -0.3 is 5.32 Å². The van der Waals surface area contributed by atoms with Gasteiger partial charge in [-0.3, -0.25) is 4.98 Å². The van der Waals surface area contributed by atoms with Gasteiger partial charge in [0.2, 0.25) is 0 Å². The second-order valence-electron chi connectivity index (χ2n) is 6.56. The Morgan fingerprint density at radius 1 is 0.889 bits per heavy atom. The lowest BCUT2D eigenvalue weighted by Crippen LogP contribution is -2.10. The topological polar surface area (TPSA) is 50.7 Å².